The van der Waals surface area contributed by atoms with Gasteiger partial charge >= 0.3 is 5.51 Å². The SMILES string of the molecule is COc1ccc2c(c1)cc(-c1c(S(=O)(=O)C(F)(F)F)c3cc(OC)ccc3n1Cc1ccccc1)n2Cc1ccccc1. The summed E-state index contributed by atoms with van der Waals surface area (Å²) in [7, 11) is -2.92. The Morgan fingerprint density at radius 1 is 0.674 bits per heavy atom. The third-order valence-corrected chi connectivity index (χ3v) is 9.08. The van der Waals surface area contributed by atoms with Crippen LogP contribution in [0.2, 0.25) is 0 Å². The van der Waals surface area contributed by atoms with E-state index in [1.165, 1.54) is 20.3 Å². The Morgan fingerprint density at radius 2 is 1.21 bits per heavy atom. The van der Waals surface area contributed by atoms with Gasteiger partial charge in [-0.1, -0.05) is 60.7 Å². The first kappa shape index (κ1) is 28.4. The van der Waals surface area contributed by atoms with Crippen LogP contribution >= 0.6 is 0 Å². The summed E-state index contributed by atoms with van der Waals surface area (Å²) in [6.07, 6.45) is 0. The molecule has 10 heteroatoms. The summed E-state index contributed by atoms with van der Waals surface area (Å²) in [6, 6.07) is 30.3. The number of fused-ring (bicyclic) bond motifs is 2. The summed E-state index contributed by atoms with van der Waals surface area (Å²) in [5.74, 6) is 0.803. The zero-order valence-electron chi connectivity index (χ0n) is 23.3. The molecule has 6 nitrogen and oxygen atoms in total. The van der Waals surface area contributed by atoms with Gasteiger partial charge in [-0.2, -0.15) is 13.2 Å². The van der Waals surface area contributed by atoms with Crippen LogP contribution < -0.4 is 9.47 Å². The molecule has 0 bridgehead atoms. The van der Waals surface area contributed by atoms with Gasteiger partial charge in [0.15, 0.2) is 0 Å². The van der Waals surface area contributed by atoms with Crippen LogP contribution in [0.1, 0.15) is 11.1 Å². The van der Waals surface area contributed by atoms with E-state index in [-0.39, 0.29) is 29.9 Å². The van der Waals surface area contributed by atoms with E-state index < -0.39 is 20.2 Å². The fourth-order valence-corrected chi connectivity index (χ4v) is 6.66. The molecular weight excluding hydrogens is 577 g/mol. The summed E-state index contributed by atoms with van der Waals surface area (Å²) in [4.78, 5) is -0.811. The standard InChI is InChI=1S/C33H27F3N2O4S/c1-41-25-13-15-28-24(17-25)18-30(37(28)20-22-9-5-3-6-10-22)31-32(43(39,40)33(34,35)36)27-19-26(42-2)14-16-29(27)38(31)21-23-11-7-4-8-12-23/h3-19H,20-21H2,1-2H3. The van der Waals surface area contributed by atoms with Crippen LogP contribution in [0.25, 0.3) is 33.2 Å². The van der Waals surface area contributed by atoms with E-state index in [0.29, 0.717) is 27.9 Å². The zero-order valence-corrected chi connectivity index (χ0v) is 24.1. The number of rotatable bonds is 8. The third-order valence-electron chi connectivity index (χ3n) is 7.52. The van der Waals surface area contributed by atoms with Gasteiger partial charge in [0.1, 0.15) is 16.4 Å². The minimum atomic E-state index is -5.83. The van der Waals surface area contributed by atoms with Gasteiger partial charge in [-0.05, 0) is 53.6 Å². The molecule has 0 unspecified atom stereocenters. The fraction of sp³-hybridized carbons (Fsp3) is 0.152. The minimum Gasteiger partial charge on any atom is -0.497 e. The zero-order chi connectivity index (χ0) is 30.4. The number of nitrogens with zero attached hydrogens (tertiary/aromatic N) is 2. The molecule has 0 atom stereocenters. The first-order chi connectivity index (χ1) is 20.6. The Balaban J connectivity index is 1.77. The Morgan fingerprint density at radius 3 is 1.77 bits per heavy atom. The molecule has 0 fully saturated rings. The molecular formula is C33H27F3N2O4S. The largest absolute Gasteiger partial charge is 0.502 e. The lowest BCUT2D eigenvalue weighted by molar-refractivity contribution is -0.0435. The van der Waals surface area contributed by atoms with Gasteiger partial charge < -0.3 is 18.6 Å². The second-order valence-corrected chi connectivity index (χ2v) is 12.0. The molecule has 2 aromatic heterocycles. The van der Waals surface area contributed by atoms with Crippen molar-refractivity contribution < 1.29 is 31.1 Å². The average Bonchev–Trinajstić information content (AvgIpc) is 3.51. The molecule has 43 heavy (non-hydrogen) atoms. The summed E-state index contributed by atoms with van der Waals surface area (Å²) in [6.45, 7) is 0.413. The number of methoxy groups -OCH3 is 2. The van der Waals surface area contributed by atoms with Crippen LogP contribution in [0.15, 0.2) is 108 Å². The van der Waals surface area contributed by atoms with Gasteiger partial charge in [0, 0.05) is 29.4 Å². The quantitative estimate of drug-likeness (QED) is 0.179. The van der Waals surface area contributed by atoms with Gasteiger partial charge in [0.25, 0.3) is 9.84 Å². The summed E-state index contributed by atoms with van der Waals surface area (Å²) < 4.78 is 84.6. The van der Waals surface area contributed by atoms with Gasteiger partial charge in [0.2, 0.25) is 0 Å². The highest BCUT2D eigenvalue weighted by atomic mass is 32.2. The molecule has 0 saturated carbocycles. The average molecular weight is 605 g/mol. The van der Waals surface area contributed by atoms with Crippen molar-refractivity contribution in [3.8, 4) is 22.9 Å². The molecule has 0 N–H and O–H groups in total. The summed E-state index contributed by atoms with van der Waals surface area (Å²) in [5, 5.41) is 0.617. The maximum absolute atomic E-state index is 14.5. The van der Waals surface area contributed by atoms with Crippen molar-refractivity contribution in [2.24, 2.45) is 0 Å². The molecule has 4 aromatic carbocycles. The van der Waals surface area contributed by atoms with Gasteiger partial charge in [-0.15, -0.1) is 0 Å². The minimum absolute atomic E-state index is 0.0597. The number of hydrogen-bond donors (Lipinski definition) is 0. The van der Waals surface area contributed by atoms with E-state index in [4.69, 9.17) is 9.47 Å². The van der Waals surface area contributed by atoms with Crippen LogP contribution in [0.4, 0.5) is 13.2 Å². The number of ether oxygens (including phenoxy) is 2. The lowest BCUT2D eigenvalue weighted by atomic mass is 10.2. The van der Waals surface area contributed by atoms with Crippen molar-refractivity contribution in [3.05, 3.63) is 114 Å². The van der Waals surface area contributed by atoms with Crippen LogP contribution in [0, 0.1) is 0 Å². The molecule has 0 amide bonds. The predicted octanol–water partition coefficient (Wildman–Crippen LogP) is 7.67. The van der Waals surface area contributed by atoms with Crippen LogP contribution in [0.3, 0.4) is 0 Å². The van der Waals surface area contributed by atoms with Crippen molar-refractivity contribution in [1.82, 2.24) is 9.13 Å². The molecule has 220 valence electrons. The smallest absolute Gasteiger partial charge is 0.497 e. The number of halogens is 3. The van der Waals surface area contributed by atoms with E-state index in [2.05, 4.69) is 0 Å². The van der Waals surface area contributed by atoms with Crippen LogP contribution in [-0.4, -0.2) is 37.3 Å². The van der Waals surface area contributed by atoms with Crippen LogP contribution in [-0.2, 0) is 22.9 Å². The van der Waals surface area contributed by atoms with Crippen LogP contribution in [0.5, 0.6) is 11.5 Å². The molecule has 6 rings (SSSR count). The molecule has 2 heterocycles. The number of alkyl halides is 3. The maximum Gasteiger partial charge on any atom is 0.502 e. The number of aromatic nitrogens is 2. The molecule has 0 saturated heterocycles. The van der Waals surface area contributed by atoms with Crippen molar-refractivity contribution in [1.29, 1.82) is 0 Å². The number of benzene rings is 4. The predicted molar refractivity (Wildman–Crippen MR) is 160 cm³/mol. The first-order valence-corrected chi connectivity index (χ1v) is 14.9. The number of hydrogen-bond acceptors (Lipinski definition) is 4. The van der Waals surface area contributed by atoms with Gasteiger partial charge in [-0.3, -0.25) is 0 Å². The second kappa shape index (κ2) is 10.9. The Labute approximate surface area is 246 Å². The monoisotopic (exact) mass is 604 g/mol. The van der Waals surface area contributed by atoms with Crippen molar-refractivity contribution in [3.63, 3.8) is 0 Å². The Kier molecular flexibility index (Phi) is 7.17. The normalized spacial score (nSPS) is 12.2. The highest BCUT2D eigenvalue weighted by Gasteiger charge is 2.50. The lowest BCUT2D eigenvalue weighted by Gasteiger charge is -2.17. The van der Waals surface area contributed by atoms with E-state index in [9.17, 15) is 21.6 Å². The topological polar surface area (TPSA) is 62.5 Å². The number of sulfone groups is 1. The molecule has 6 aromatic rings. The van der Waals surface area contributed by atoms with Gasteiger partial charge in [0.05, 0.1) is 31.1 Å². The Bertz CT molecular complexity index is 2050. The Hall–Kier alpha value is -4.70. The van der Waals surface area contributed by atoms with Gasteiger partial charge in [-0.25, -0.2) is 8.42 Å². The maximum atomic E-state index is 14.5. The molecule has 0 aliphatic carbocycles. The fourth-order valence-electron chi connectivity index (χ4n) is 5.51. The highest BCUT2D eigenvalue weighted by Crippen LogP contribution is 2.45. The molecule has 0 aliphatic rings. The van der Waals surface area contributed by atoms with E-state index in [1.54, 1.807) is 34.9 Å². The molecule has 0 radical (unpaired) electrons. The lowest BCUT2D eigenvalue weighted by Crippen LogP contribution is -2.24. The summed E-state index contributed by atoms with van der Waals surface area (Å²) in [5.41, 5.74) is -2.56. The highest BCUT2D eigenvalue weighted by molar-refractivity contribution is 7.92. The molecule has 0 spiro atoms. The van der Waals surface area contributed by atoms with Crippen molar-refractivity contribution >= 4 is 31.6 Å². The third kappa shape index (κ3) is 5.01. The second-order valence-electron chi connectivity index (χ2n) is 10.1. The van der Waals surface area contributed by atoms with Crippen molar-refractivity contribution in [2.75, 3.05) is 14.2 Å². The summed E-state index contributed by atoms with van der Waals surface area (Å²) >= 11 is 0. The molecule has 0 aliphatic heterocycles. The van der Waals surface area contributed by atoms with E-state index in [1.807, 2.05) is 71.3 Å². The first-order valence-electron chi connectivity index (χ1n) is 13.4. The van der Waals surface area contributed by atoms with E-state index in [0.717, 1.165) is 11.1 Å². The van der Waals surface area contributed by atoms with Crippen molar-refractivity contribution in [2.45, 2.75) is 23.5 Å². The van der Waals surface area contributed by atoms with E-state index >= 15 is 0 Å².